The van der Waals surface area contributed by atoms with Crippen molar-refractivity contribution < 1.29 is 0 Å². The summed E-state index contributed by atoms with van der Waals surface area (Å²) in [5.74, 6) is 0.114. The summed E-state index contributed by atoms with van der Waals surface area (Å²) in [6.07, 6.45) is 1.24. The Labute approximate surface area is 78.8 Å². The number of hydrogen-bond donors (Lipinski definition) is 3. The molecule has 2 aromatic rings. The summed E-state index contributed by atoms with van der Waals surface area (Å²) in [6, 6.07) is 0. The fourth-order valence-electron chi connectivity index (χ4n) is 1.27. The van der Waals surface area contributed by atoms with Crippen LogP contribution < -0.4 is 17.2 Å². The molecule has 2 rings (SSSR count). The van der Waals surface area contributed by atoms with Gasteiger partial charge in [0, 0.05) is 0 Å². The first kappa shape index (κ1) is 8.70. The molecule has 7 heteroatoms. The molecule has 0 aromatic carbocycles. The van der Waals surface area contributed by atoms with E-state index in [2.05, 4.69) is 15.0 Å². The molecule has 7 nitrogen and oxygen atoms in total. The van der Waals surface area contributed by atoms with Gasteiger partial charge in [-0.05, 0) is 6.92 Å². The van der Waals surface area contributed by atoms with Crippen molar-refractivity contribution in [3.63, 3.8) is 0 Å². The Kier molecular flexibility index (Phi) is 1.74. The lowest BCUT2D eigenvalue weighted by atomic mass is 10.5. The molecule has 0 aliphatic rings. The third kappa shape index (κ3) is 1.14. The zero-order valence-electron chi connectivity index (χ0n) is 7.56. The Morgan fingerprint density at radius 2 is 2.36 bits per heavy atom. The van der Waals surface area contributed by atoms with Crippen molar-refractivity contribution in [2.24, 2.45) is 5.73 Å². The molecular formula is C7H10N6O. The maximum Gasteiger partial charge on any atom is 0.348 e. The fourth-order valence-corrected chi connectivity index (χ4v) is 1.27. The molecule has 74 valence electrons. The number of aromatic nitrogens is 4. The first-order valence-electron chi connectivity index (χ1n) is 4.07. The van der Waals surface area contributed by atoms with Gasteiger partial charge >= 0.3 is 5.69 Å². The van der Waals surface area contributed by atoms with E-state index in [0.29, 0.717) is 11.2 Å². The number of nitrogen functional groups attached to an aromatic ring is 1. The molecule has 2 heterocycles. The summed E-state index contributed by atoms with van der Waals surface area (Å²) >= 11 is 0. The van der Waals surface area contributed by atoms with E-state index in [0.717, 1.165) is 0 Å². The van der Waals surface area contributed by atoms with Gasteiger partial charge in [0.2, 0.25) is 0 Å². The smallest absolute Gasteiger partial charge is 0.348 e. The highest BCUT2D eigenvalue weighted by Crippen LogP contribution is 2.14. The number of H-pyrrole nitrogens is 1. The minimum atomic E-state index is -0.502. The van der Waals surface area contributed by atoms with Crippen LogP contribution in [-0.4, -0.2) is 19.5 Å². The van der Waals surface area contributed by atoms with Gasteiger partial charge in [-0.25, -0.2) is 9.78 Å². The van der Waals surface area contributed by atoms with Gasteiger partial charge in [0.05, 0.1) is 12.5 Å². The van der Waals surface area contributed by atoms with Crippen LogP contribution in [0.25, 0.3) is 11.2 Å². The Morgan fingerprint density at radius 1 is 1.64 bits per heavy atom. The Morgan fingerprint density at radius 3 is 3.00 bits per heavy atom. The highest BCUT2D eigenvalue weighted by Gasteiger charge is 2.10. The van der Waals surface area contributed by atoms with Gasteiger partial charge in [-0.15, -0.1) is 0 Å². The van der Waals surface area contributed by atoms with E-state index < -0.39 is 5.69 Å². The summed E-state index contributed by atoms with van der Waals surface area (Å²) in [5.41, 5.74) is 11.6. The fraction of sp³-hybridized carbons (Fsp3) is 0.286. The maximum absolute atomic E-state index is 11.0. The van der Waals surface area contributed by atoms with Crippen molar-refractivity contribution in [1.29, 1.82) is 0 Å². The van der Waals surface area contributed by atoms with Crippen LogP contribution in [0.2, 0.25) is 0 Å². The van der Waals surface area contributed by atoms with Crippen LogP contribution in [0.3, 0.4) is 0 Å². The number of rotatable bonds is 1. The standard InChI is InChI=1S/C7H10N6O/c1-3(8)13-2-10-4-5(9)11-7(14)12-6(4)13/h2-3H,8H2,1H3,(H3,9,11,12,14). The van der Waals surface area contributed by atoms with Crippen molar-refractivity contribution in [2.75, 3.05) is 5.73 Å². The number of imidazole rings is 1. The normalized spacial score (nSPS) is 13.3. The molecule has 0 spiro atoms. The summed E-state index contributed by atoms with van der Waals surface area (Å²) in [5, 5.41) is 0. The number of nitrogens with two attached hydrogens (primary N) is 2. The number of aromatic amines is 1. The van der Waals surface area contributed by atoms with Crippen LogP contribution in [0.5, 0.6) is 0 Å². The van der Waals surface area contributed by atoms with Gasteiger partial charge in [-0.2, -0.15) is 4.98 Å². The molecule has 0 saturated heterocycles. The molecule has 0 radical (unpaired) electrons. The maximum atomic E-state index is 11.0. The molecule has 5 N–H and O–H groups in total. The Bertz CT molecular complexity index is 524. The van der Waals surface area contributed by atoms with E-state index in [1.165, 1.54) is 6.33 Å². The number of anilines is 1. The molecule has 0 amide bonds. The van der Waals surface area contributed by atoms with Gasteiger partial charge in [0.1, 0.15) is 11.2 Å². The van der Waals surface area contributed by atoms with Crippen LogP contribution >= 0.6 is 0 Å². The number of fused-ring (bicyclic) bond motifs is 1. The zero-order chi connectivity index (χ0) is 10.3. The first-order chi connectivity index (χ1) is 6.59. The predicted octanol–water partition coefficient (Wildman–Crippen LogP) is -0.821. The number of hydrogen-bond acceptors (Lipinski definition) is 5. The van der Waals surface area contributed by atoms with Crippen LogP contribution in [0.4, 0.5) is 5.82 Å². The van der Waals surface area contributed by atoms with Crippen LogP contribution in [0.1, 0.15) is 13.1 Å². The summed E-state index contributed by atoms with van der Waals surface area (Å²) in [6.45, 7) is 1.77. The topological polar surface area (TPSA) is 116 Å². The molecule has 0 saturated carbocycles. The molecule has 0 fully saturated rings. The minimum Gasteiger partial charge on any atom is -0.382 e. The lowest BCUT2D eigenvalue weighted by Crippen LogP contribution is -2.18. The summed E-state index contributed by atoms with van der Waals surface area (Å²) < 4.78 is 1.62. The van der Waals surface area contributed by atoms with E-state index in [1.54, 1.807) is 11.5 Å². The van der Waals surface area contributed by atoms with Crippen LogP contribution in [-0.2, 0) is 0 Å². The van der Waals surface area contributed by atoms with Gasteiger partial charge in [0.25, 0.3) is 0 Å². The van der Waals surface area contributed by atoms with Crippen molar-refractivity contribution in [3.05, 3.63) is 16.8 Å². The second-order valence-corrected chi connectivity index (χ2v) is 3.02. The largest absolute Gasteiger partial charge is 0.382 e. The van der Waals surface area contributed by atoms with Gasteiger partial charge in [-0.3, -0.25) is 4.98 Å². The molecule has 0 bridgehead atoms. The van der Waals surface area contributed by atoms with Crippen LogP contribution in [0.15, 0.2) is 11.1 Å². The third-order valence-electron chi connectivity index (χ3n) is 1.92. The second-order valence-electron chi connectivity index (χ2n) is 3.02. The van der Waals surface area contributed by atoms with Crippen molar-refractivity contribution in [2.45, 2.75) is 13.1 Å². The van der Waals surface area contributed by atoms with Crippen molar-refractivity contribution in [3.8, 4) is 0 Å². The molecule has 14 heavy (non-hydrogen) atoms. The van der Waals surface area contributed by atoms with Gasteiger partial charge in [0.15, 0.2) is 5.82 Å². The summed E-state index contributed by atoms with van der Waals surface area (Å²) in [4.78, 5) is 21.1. The summed E-state index contributed by atoms with van der Waals surface area (Å²) in [7, 11) is 0. The van der Waals surface area contributed by atoms with E-state index in [-0.39, 0.29) is 12.0 Å². The lowest BCUT2D eigenvalue weighted by molar-refractivity contribution is 0.583. The highest BCUT2D eigenvalue weighted by molar-refractivity contribution is 5.81. The van der Waals surface area contributed by atoms with Crippen molar-refractivity contribution in [1.82, 2.24) is 19.5 Å². The van der Waals surface area contributed by atoms with Crippen LogP contribution in [0, 0.1) is 0 Å². The quantitative estimate of drug-likeness (QED) is 0.548. The number of nitrogens with zero attached hydrogens (tertiary/aromatic N) is 3. The van der Waals surface area contributed by atoms with E-state index >= 15 is 0 Å². The SMILES string of the molecule is CC(N)n1cnc2c(N)nc(=O)[nH]c21. The van der Waals surface area contributed by atoms with Gasteiger partial charge in [-0.1, -0.05) is 0 Å². The van der Waals surface area contributed by atoms with Crippen molar-refractivity contribution >= 4 is 17.0 Å². The van der Waals surface area contributed by atoms with E-state index in [1.807, 2.05) is 0 Å². The average Bonchev–Trinajstić information content (AvgIpc) is 2.47. The van der Waals surface area contributed by atoms with E-state index in [9.17, 15) is 4.79 Å². The Balaban J connectivity index is 2.85. The molecule has 1 atom stereocenters. The molecule has 0 aliphatic carbocycles. The average molecular weight is 194 g/mol. The van der Waals surface area contributed by atoms with Gasteiger partial charge < -0.3 is 16.0 Å². The number of nitrogens with one attached hydrogen (secondary N) is 1. The zero-order valence-corrected chi connectivity index (χ0v) is 7.56. The molecule has 1 unspecified atom stereocenters. The second kappa shape index (κ2) is 2.81. The molecular weight excluding hydrogens is 184 g/mol. The lowest BCUT2D eigenvalue weighted by Gasteiger charge is -2.06. The van der Waals surface area contributed by atoms with E-state index in [4.69, 9.17) is 11.5 Å². The highest BCUT2D eigenvalue weighted by atomic mass is 16.1. The third-order valence-corrected chi connectivity index (χ3v) is 1.92. The minimum absolute atomic E-state index is 0.114. The monoisotopic (exact) mass is 194 g/mol. The predicted molar refractivity (Wildman–Crippen MR) is 51.5 cm³/mol. The molecule has 2 aromatic heterocycles. The Hall–Kier alpha value is -1.89. The first-order valence-corrected chi connectivity index (χ1v) is 4.07. The molecule has 0 aliphatic heterocycles.